The molecule has 106 valence electrons. The van der Waals surface area contributed by atoms with E-state index in [2.05, 4.69) is 24.3 Å². The van der Waals surface area contributed by atoms with Crippen LogP contribution in [0, 0.1) is 0 Å². The summed E-state index contributed by atoms with van der Waals surface area (Å²) in [5, 5.41) is 1.89. The highest BCUT2D eigenvalue weighted by atomic mass is 16.7. The Hall–Kier alpha value is -1.84. The molecule has 0 spiro atoms. The van der Waals surface area contributed by atoms with Crippen LogP contribution in [-0.4, -0.2) is 25.8 Å². The number of methoxy groups -OCH3 is 1. The van der Waals surface area contributed by atoms with Gasteiger partial charge in [-0.15, -0.1) is 0 Å². The number of hydrogen-bond donors (Lipinski definition) is 0. The van der Waals surface area contributed by atoms with Crippen molar-refractivity contribution in [1.29, 1.82) is 0 Å². The maximum absolute atomic E-state index is 5.72. The Kier molecular flexibility index (Phi) is 5.59. The van der Waals surface area contributed by atoms with Crippen molar-refractivity contribution in [2.45, 2.75) is 13.0 Å². The molecule has 0 N–H and O–H groups in total. The molecule has 3 nitrogen and oxygen atoms in total. The fourth-order valence-corrected chi connectivity index (χ4v) is 1.90. The summed E-state index contributed by atoms with van der Waals surface area (Å²) in [4.78, 5) is 5.72. The molecule has 0 heterocycles. The lowest BCUT2D eigenvalue weighted by molar-refractivity contribution is -0.149. The molecule has 0 aromatic heterocycles. The number of rotatable bonds is 7. The molecule has 2 aromatic rings. The topological polar surface area (TPSA) is 21.7 Å². The summed E-state index contributed by atoms with van der Waals surface area (Å²) in [6.07, 6.45) is 0.986. The van der Waals surface area contributed by atoms with Gasteiger partial charge in [0.25, 0.3) is 0 Å². The van der Waals surface area contributed by atoms with Gasteiger partial charge < -0.3 is 4.74 Å². The van der Waals surface area contributed by atoms with E-state index in [1.165, 1.54) is 5.56 Å². The average Bonchev–Trinajstić information content (AvgIpc) is 2.52. The second kappa shape index (κ2) is 7.68. The average molecular weight is 271 g/mol. The molecule has 0 fully saturated rings. The molecular weight excluding hydrogens is 250 g/mol. The van der Waals surface area contributed by atoms with E-state index in [0.717, 1.165) is 24.3 Å². The smallest absolute Gasteiger partial charge is 0.118 e. The molecule has 0 amide bonds. The van der Waals surface area contributed by atoms with Crippen LogP contribution in [-0.2, 0) is 17.9 Å². The minimum Gasteiger partial charge on any atom is -0.497 e. The Morgan fingerprint density at radius 3 is 2.25 bits per heavy atom. The molecule has 0 saturated carbocycles. The number of nitrogens with zero attached hydrogens (tertiary/aromatic N) is 1. The Morgan fingerprint density at radius 1 is 0.900 bits per heavy atom. The minimum atomic E-state index is 0.579. The van der Waals surface area contributed by atoms with Crippen molar-refractivity contribution in [1.82, 2.24) is 5.06 Å². The quantitative estimate of drug-likeness (QED) is 0.721. The van der Waals surface area contributed by atoms with Gasteiger partial charge in [0.15, 0.2) is 0 Å². The molecule has 0 atom stereocenters. The van der Waals surface area contributed by atoms with Gasteiger partial charge >= 0.3 is 0 Å². The van der Waals surface area contributed by atoms with Gasteiger partial charge in [0.05, 0.1) is 13.7 Å². The van der Waals surface area contributed by atoms with Crippen LogP contribution in [0.15, 0.2) is 54.6 Å². The van der Waals surface area contributed by atoms with E-state index >= 15 is 0 Å². The Bertz CT molecular complexity index is 496. The molecule has 20 heavy (non-hydrogen) atoms. The zero-order valence-corrected chi connectivity index (χ0v) is 12.1. The third-order valence-corrected chi connectivity index (χ3v) is 3.17. The number of hydroxylamine groups is 2. The third-order valence-electron chi connectivity index (χ3n) is 3.17. The van der Waals surface area contributed by atoms with Gasteiger partial charge in [-0.05, 0) is 29.7 Å². The highest BCUT2D eigenvalue weighted by Gasteiger charge is 2.01. The zero-order valence-electron chi connectivity index (χ0n) is 12.1. The number of ether oxygens (including phenoxy) is 1. The monoisotopic (exact) mass is 271 g/mol. The fraction of sp³-hybridized carbons (Fsp3) is 0.294. The van der Waals surface area contributed by atoms with Crippen LogP contribution in [0.3, 0.4) is 0 Å². The number of likely N-dealkylation sites (N-methyl/N-ethyl adjacent to an activating group) is 1. The van der Waals surface area contributed by atoms with Crippen molar-refractivity contribution in [3.8, 4) is 5.75 Å². The van der Waals surface area contributed by atoms with Crippen molar-refractivity contribution in [2.24, 2.45) is 0 Å². The number of hydrogen-bond acceptors (Lipinski definition) is 3. The molecule has 2 aromatic carbocycles. The van der Waals surface area contributed by atoms with E-state index < -0.39 is 0 Å². The van der Waals surface area contributed by atoms with Crippen molar-refractivity contribution >= 4 is 0 Å². The van der Waals surface area contributed by atoms with Crippen LogP contribution in [0.2, 0.25) is 0 Å². The molecule has 0 bridgehead atoms. The first-order chi connectivity index (χ1) is 9.78. The zero-order chi connectivity index (χ0) is 14.2. The highest BCUT2D eigenvalue weighted by molar-refractivity contribution is 5.26. The maximum Gasteiger partial charge on any atom is 0.118 e. The molecule has 0 aliphatic heterocycles. The van der Waals surface area contributed by atoms with Crippen LogP contribution >= 0.6 is 0 Å². The Labute approximate surface area is 120 Å². The summed E-state index contributed by atoms with van der Waals surface area (Å²) in [6, 6.07) is 18.4. The molecule has 2 rings (SSSR count). The van der Waals surface area contributed by atoms with E-state index in [0.29, 0.717) is 6.61 Å². The summed E-state index contributed by atoms with van der Waals surface area (Å²) in [7, 11) is 3.63. The highest BCUT2D eigenvalue weighted by Crippen LogP contribution is 2.12. The Balaban J connectivity index is 1.73. The van der Waals surface area contributed by atoms with Gasteiger partial charge in [0, 0.05) is 13.6 Å². The SMILES string of the molecule is COc1ccc(CON(C)CCc2ccccc2)cc1. The van der Waals surface area contributed by atoms with Crippen LogP contribution in [0.5, 0.6) is 5.75 Å². The molecule has 0 aliphatic carbocycles. The molecule has 0 saturated heterocycles. The predicted molar refractivity (Wildman–Crippen MR) is 80.6 cm³/mol. The van der Waals surface area contributed by atoms with E-state index in [4.69, 9.17) is 9.57 Å². The van der Waals surface area contributed by atoms with Gasteiger partial charge in [-0.2, -0.15) is 5.06 Å². The first-order valence-electron chi connectivity index (χ1n) is 6.79. The fourth-order valence-electron chi connectivity index (χ4n) is 1.90. The van der Waals surface area contributed by atoms with Gasteiger partial charge in [-0.3, -0.25) is 4.84 Å². The van der Waals surface area contributed by atoms with E-state index in [-0.39, 0.29) is 0 Å². The van der Waals surface area contributed by atoms with Gasteiger partial charge in [-0.25, -0.2) is 0 Å². The van der Waals surface area contributed by atoms with E-state index in [1.807, 2.05) is 42.4 Å². The standard InChI is InChI=1S/C17H21NO2/c1-18(13-12-15-6-4-3-5-7-15)20-14-16-8-10-17(19-2)11-9-16/h3-11H,12-14H2,1-2H3. The number of benzene rings is 2. The van der Waals surface area contributed by atoms with Crippen molar-refractivity contribution in [3.05, 3.63) is 65.7 Å². The molecule has 3 heteroatoms. The van der Waals surface area contributed by atoms with Crippen LogP contribution in [0.1, 0.15) is 11.1 Å². The first-order valence-corrected chi connectivity index (χ1v) is 6.79. The van der Waals surface area contributed by atoms with Gasteiger partial charge in [-0.1, -0.05) is 42.5 Å². The lowest BCUT2D eigenvalue weighted by Crippen LogP contribution is -2.21. The molecule has 0 unspecified atom stereocenters. The summed E-state index contributed by atoms with van der Waals surface area (Å²) in [5.74, 6) is 0.867. The third kappa shape index (κ3) is 4.68. The maximum atomic E-state index is 5.72. The second-order valence-corrected chi connectivity index (χ2v) is 4.71. The van der Waals surface area contributed by atoms with Crippen molar-refractivity contribution in [2.75, 3.05) is 20.7 Å². The summed E-state index contributed by atoms with van der Waals surface area (Å²) < 4.78 is 5.13. The largest absolute Gasteiger partial charge is 0.497 e. The van der Waals surface area contributed by atoms with Crippen molar-refractivity contribution in [3.63, 3.8) is 0 Å². The second-order valence-electron chi connectivity index (χ2n) is 4.71. The summed E-state index contributed by atoms with van der Waals surface area (Å²) in [5.41, 5.74) is 2.46. The van der Waals surface area contributed by atoms with Crippen LogP contribution in [0.25, 0.3) is 0 Å². The van der Waals surface area contributed by atoms with Gasteiger partial charge in [0.2, 0.25) is 0 Å². The molecule has 0 radical (unpaired) electrons. The Morgan fingerprint density at radius 2 is 1.60 bits per heavy atom. The predicted octanol–water partition coefficient (Wildman–Crippen LogP) is 3.30. The normalized spacial score (nSPS) is 10.8. The molecule has 0 aliphatic rings. The van der Waals surface area contributed by atoms with E-state index in [9.17, 15) is 0 Å². The lowest BCUT2D eigenvalue weighted by Gasteiger charge is -2.16. The van der Waals surface area contributed by atoms with Crippen LogP contribution < -0.4 is 4.74 Å². The van der Waals surface area contributed by atoms with E-state index in [1.54, 1.807) is 7.11 Å². The summed E-state index contributed by atoms with van der Waals surface area (Å²) >= 11 is 0. The van der Waals surface area contributed by atoms with Crippen molar-refractivity contribution < 1.29 is 9.57 Å². The first kappa shape index (κ1) is 14.6. The minimum absolute atomic E-state index is 0.579. The van der Waals surface area contributed by atoms with Gasteiger partial charge in [0.1, 0.15) is 5.75 Å². The molecular formula is C17H21NO2. The van der Waals surface area contributed by atoms with Crippen LogP contribution in [0.4, 0.5) is 0 Å². The lowest BCUT2D eigenvalue weighted by atomic mass is 10.1. The summed E-state index contributed by atoms with van der Waals surface area (Å²) in [6.45, 7) is 1.45.